The third kappa shape index (κ3) is 2.01. The summed E-state index contributed by atoms with van der Waals surface area (Å²) in [5.74, 6) is -0.890. The fourth-order valence-corrected chi connectivity index (χ4v) is 2.30. The minimum Gasteiger partial charge on any atom is -0.384 e. The van der Waals surface area contributed by atoms with Gasteiger partial charge in [-0.05, 0) is 18.6 Å². The van der Waals surface area contributed by atoms with E-state index >= 15 is 0 Å². The average Bonchev–Trinajstić information content (AvgIpc) is 2.53. The van der Waals surface area contributed by atoms with Crippen LogP contribution in [0.15, 0.2) is 16.6 Å². The molecule has 18 heavy (non-hydrogen) atoms. The second-order valence-electron chi connectivity index (χ2n) is 3.93. The van der Waals surface area contributed by atoms with Gasteiger partial charge in [0.15, 0.2) is 0 Å². The fraction of sp³-hybridized carbons (Fsp3) is 0.250. The van der Waals surface area contributed by atoms with E-state index in [1.54, 1.807) is 7.05 Å². The third-order valence-corrected chi connectivity index (χ3v) is 3.25. The molecule has 0 radical (unpaired) electrons. The Bertz CT molecular complexity index is 585. The van der Waals surface area contributed by atoms with Gasteiger partial charge in [0.1, 0.15) is 23.1 Å². The summed E-state index contributed by atoms with van der Waals surface area (Å²) in [4.78, 5) is 0. The molecule has 0 unspecified atom stereocenters. The predicted octanol–water partition coefficient (Wildman–Crippen LogP) is 3.27. The van der Waals surface area contributed by atoms with Gasteiger partial charge in [-0.25, -0.2) is 8.78 Å². The number of hydrogen-bond acceptors (Lipinski definition) is 2. The van der Waals surface area contributed by atoms with Crippen molar-refractivity contribution in [3.05, 3.63) is 33.8 Å². The summed E-state index contributed by atoms with van der Waals surface area (Å²) in [5, 5.41) is 4.10. The number of nitrogens with two attached hydrogens (primary N) is 1. The summed E-state index contributed by atoms with van der Waals surface area (Å²) in [6.07, 6.45) is 0.559. The molecule has 1 heterocycles. The van der Waals surface area contributed by atoms with Crippen LogP contribution in [0.2, 0.25) is 0 Å². The van der Waals surface area contributed by atoms with Crippen LogP contribution in [0.25, 0.3) is 11.3 Å². The Balaban J connectivity index is 2.73. The highest BCUT2D eigenvalue weighted by Crippen LogP contribution is 2.32. The fourth-order valence-electron chi connectivity index (χ4n) is 1.90. The number of halogens is 3. The molecule has 2 aromatic rings. The molecule has 0 spiro atoms. The van der Waals surface area contributed by atoms with Crippen molar-refractivity contribution in [1.82, 2.24) is 9.78 Å². The van der Waals surface area contributed by atoms with Crippen LogP contribution in [0.4, 0.5) is 14.6 Å². The van der Waals surface area contributed by atoms with Gasteiger partial charge in [-0.3, -0.25) is 4.68 Å². The highest BCUT2D eigenvalue weighted by molar-refractivity contribution is 9.10. The molecule has 0 atom stereocenters. The molecule has 1 aromatic heterocycles. The third-order valence-electron chi connectivity index (χ3n) is 2.79. The molecule has 0 fully saturated rings. The topological polar surface area (TPSA) is 43.8 Å². The van der Waals surface area contributed by atoms with E-state index in [0.29, 0.717) is 22.3 Å². The Labute approximate surface area is 112 Å². The van der Waals surface area contributed by atoms with E-state index in [1.165, 1.54) is 16.8 Å². The van der Waals surface area contributed by atoms with Gasteiger partial charge in [-0.15, -0.1) is 0 Å². The van der Waals surface area contributed by atoms with Crippen LogP contribution in [0.3, 0.4) is 0 Å². The summed E-state index contributed by atoms with van der Waals surface area (Å²) >= 11 is 3.04. The van der Waals surface area contributed by atoms with Crippen LogP contribution in [0, 0.1) is 11.6 Å². The SMILES string of the molecule is CCc1c(-c2c(F)cc(Br)cc2F)nn(C)c1N. The first kappa shape index (κ1) is 13.0. The van der Waals surface area contributed by atoms with E-state index in [1.807, 2.05) is 6.92 Å². The molecule has 0 aliphatic carbocycles. The lowest BCUT2D eigenvalue weighted by atomic mass is 10.0. The summed E-state index contributed by atoms with van der Waals surface area (Å²) in [5.41, 5.74) is 6.61. The van der Waals surface area contributed by atoms with Crippen molar-refractivity contribution in [2.45, 2.75) is 13.3 Å². The number of aryl methyl sites for hydroxylation is 1. The smallest absolute Gasteiger partial charge is 0.136 e. The minimum absolute atomic E-state index is 0.137. The molecule has 0 bridgehead atoms. The number of nitrogens with zero attached hydrogens (tertiary/aromatic N) is 2. The zero-order chi connectivity index (χ0) is 13.4. The Kier molecular flexibility index (Phi) is 3.38. The first-order valence-electron chi connectivity index (χ1n) is 5.42. The first-order valence-corrected chi connectivity index (χ1v) is 6.21. The number of aromatic nitrogens is 2. The molecular formula is C12H12BrF2N3. The molecule has 2 N–H and O–H groups in total. The second kappa shape index (κ2) is 4.68. The highest BCUT2D eigenvalue weighted by atomic mass is 79.9. The van der Waals surface area contributed by atoms with Crippen LogP contribution in [-0.2, 0) is 13.5 Å². The molecule has 0 saturated carbocycles. The highest BCUT2D eigenvalue weighted by Gasteiger charge is 2.21. The largest absolute Gasteiger partial charge is 0.384 e. The number of benzene rings is 1. The van der Waals surface area contributed by atoms with Gasteiger partial charge in [0.25, 0.3) is 0 Å². The Morgan fingerprint density at radius 1 is 1.33 bits per heavy atom. The summed E-state index contributed by atoms with van der Waals surface area (Å²) in [7, 11) is 1.65. The normalized spacial score (nSPS) is 10.9. The van der Waals surface area contributed by atoms with E-state index in [2.05, 4.69) is 21.0 Å². The monoisotopic (exact) mass is 315 g/mol. The van der Waals surface area contributed by atoms with Gasteiger partial charge >= 0.3 is 0 Å². The first-order chi connectivity index (χ1) is 8.45. The maximum atomic E-state index is 13.9. The van der Waals surface area contributed by atoms with Crippen LogP contribution >= 0.6 is 15.9 Å². The van der Waals surface area contributed by atoms with E-state index in [0.717, 1.165) is 0 Å². The van der Waals surface area contributed by atoms with Crippen LogP contribution in [0.1, 0.15) is 12.5 Å². The van der Waals surface area contributed by atoms with Crippen molar-refractivity contribution >= 4 is 21.7 Å². The maximum absolute atomic E-state index is 13.9. The van der Waals surface area contributed by atoms with Crippen molar-refractivity contribution in [1.29, 1.82) is 0 Å². The summed E-state index contributed by atoms with van der Waals surface area (Å²) in [6, 6.07) is 2.42. The van der Waals surface area contributed by atoms with E-state index in [-0.39, 0.29) is 11.3 Å². The predicted molar refractivity (Wildman–Crippen MR) is 70.1 cm³/mol. The standard InChI is InChI=1S/C12H12BrF2N3/c1-3-7-11(17-18(2)12(7)16)10-8(14)4-6(13)5-9(10)15/h4-5H,3,16H2,1-2H3. The van der Waals surface area contributed by atoms with Gasteiger partial charge in [0, 0.05) is 17.1 Å². The van der Waals surface area contributed by atoms with Crippen molar-refractivity contribution in [2.24, 2.45) is 7.05 Å². The van der Waals surface area contributed by atoms with Gasteiger partial charge in [-0.1, -0.05) is 22.9 Å². The number of anilines is 1. The summed E-state index contributed by atoms with van der Waals surface area (Å²) in [6.45, 7) is 1.87. The van der Waals surface area contributed by atoms with Crippen LogP contribution < -0.4 is 5.73 Å². The van der Waals surface area contributed by atoms with Crippen molar-refractivity contribution in [3.8, 4) is 11.3 Å². The number of rotatable bonds is 2. The maximum Gasteiger partial charge on any atom is 0.136 e. The van der Waals surface area contributed by atoms with E-state index in [9.17, 15) is 8.78 Å². The lowest BCUT2D eigenvalue weighted by Crippen LogP contribution is -1.98. The molecule has 96 valence electrons. The molecule has 3 nitrogen and oxygen atoms in total. The van der Waals surface area contributed by atoms with E-state index < -0.39 is 11.6 Å². The molecule has 0 aliphatic heterocycles. The van der Waals surface area contributed by atoms with Crippen LogP contribution in [-0.4, -0.2) is 9.78 Å². The average molecular weight is 316 g/mol. The molecule has 1 aromatic carbocycles. The van der Waals surface area contributed by atoms with Crippen molar-refractivity contribution in [3.63, 3.8) is 0 Å². The quantitative estimate of drug-likeness (QED) is 0.924. The summed E-state index contributed by atoms with van der Waals surface area (Å²) < 4.78 is 29.6. The Morgan fingerprint density at radius 3 is 2.39 bits per heavy atom. The Hall–Kier alpha value is -1.43. The second-order valence-corrected chi connectivity index (χ2v) is 4.85. The Morgan fingerprint density at radius 2 is 1.89 bits per heavy atom. The molecule has 0 amide bonds. The molecular weight excluding hydrogens is 304 g/mol. The van der Waals surface area contributed by atoms with E-state index in [4.69, 9.17) is 5.73 Å². The van der Waals surface area contributed by atoms with Gasteiger partial charge in [-0.2, -0.15) is 5.10 Å². The lowest BCUT2D eigenvalue weighted by Gasteiger charge is -2.05. The molecule has 6 heteroatoms. The molecule has 2 rings (SSSR count). The van der Waals surface area contributed by atoms with Gasteiger partial charge in [0.05, 0.1) is 5.56 Å². The van der Waals surface area contributed by atoms with Crippen molar-refractivity contribution < 1.29 is 8.78 Å². The zero-order valence-corrected chi connectivity index (χ0v) is 11.6. The van der Waals surface area contributed by atoms with Gasteiger partial charge in [0.2, 0.25) is 0 Å². The molecule has 0 saturated heterocycles. The van der Waals surface area contributed by atoms with Gasteiger partial charge < -0.3 is 5.73 Å². The zero-order valence-electron chi connectivity index (χ0n) is 9.97. The van der Waals surface area contributed by atoms with Crippen molar-refractivity contribution in [2.75, 3.05) is 5.73 Å². The molecule has 0 aliphatic rings. The number of hydrogen-bond donors (Lipinski definition) is 1. The van der Waals surface area contributed by atoms with Crippen LogP contribution in [0.5, 0.6) is 0 Å². The number of nitrogen functional groups attached to an aromatic ring is 1. The minimum atomic E-state index is -0.658. The lowest BCUT2D eigenvalue weighted by molar-refractivity contribution is 0.586.